The van der Waals surface area contributed by atoms with Gasteiger partial charge >= 0.3 is 0 Å². The van der Waals surface area contributed by atoms with Crippen molar-refractivity contribution in [2.45, 2.75) is 10.5 Å². The molecule has 0 saturated carbocycles. The van der Waals surface area contributed by atoms with Gasteiger partial charge < -0.3 is 14.2 Å². The van der Waals surface area contributed by atoms with Crippen LogP contribution in [-0.2, 0) is 4.74 Å². The lowest BCUT2D eigenvalue weighted by molar-refractivity contribution is 0.351. The van der Waals surface area contributed by atoms with Crippen molar-refractivity contribution >= 4 is 23.4 Å². The Hall–Kier alpha value is -0.580. The molecule has 17 heavy (non-hydrogen) atoms. The van der Waals surface area contributed by atoms with E-state index in [1.54, 1.807) is 26.0 Å². The van der Waals surface area contributed by atoms with Gasteiger partial charge in [-0.15, -0.1) is 23.4 Å². The van der Waals surface area contributed by atoms with Crippen LogP contribution in [0.25, 0.3) is 0 Å². The molecule has 2 rings (SSSR count). The maximum atomic E-state index is 5.85. The second kappa shape index (κ2) is 5.38. The molecule has 0 radical (unpaired) electrons. The fraction of sp³-hybridized carbons (Fsp3) is 0.500. The first-order chi connectivity index (χ1) is 8.23. The molecule has 1 aromatic rings. The van der Waals surface area contributed by atoms with Gasteiger partial charge in [0.2, 0.25) is 0 Å². The molecule has 1 fully saturated rings. The quantitative estimate of drug-likeness (QED) is 0.453. The molecule has 1 aromatic carbocycles. The average Bonchev–Trinajstić information content (AvgIpc) is 3.16. The van der Waals surface area contributed by atoms with E-state index in [9.17, 15) is 0 Å². The SMILES string of the molecule is COc1ccc(SCC2(CCl)CO2)c(OC)c1. The highest BCUT2D eigenvalue weighted by molar-refractivity contribution is 7.99. The molecule has 0 N–H and O–H groups in total. The predicted octanol–water partition coefficient (Wildman–Crippen LogP) is 2.80. The summed E-state index contributed by atoms with van der Waals surface area (Å²) >= 11 is 7.55. The Balaban J connectivity index is 2.04. The smallest absolute Gasteiger partial charge is 0.136 e. The summed E-state index contributed by atoms with van der Waals surface area (Å²) in [6, 6.07) is 5.79. The van der Waals surface area contributed by atoms with E-state index < -0.39 is 0 Å². The van der Waals surface area contributed by atoms with E-state index in [-0.39, 0.29) is 5.60 Å². The van der Waals surface area contributed by atoms with E-state index in [0.717, 1.165) is 28.8 Å². The van der Waals surface area contributed by atoms with Crippen molar-refractivity contribution in [2.75, 3.05) is 32.5 Å². The highest BCUT2D eigenvalue weighted by atomic mass is 35.5. The van der Waals surface area contributed by atoms with Crippen LogP contribution in [0.1, 0.15) is 0 Å². The van der Waals surface area contributed by atoms with Crippen LogP contribution in [0.3, 0.4) is 0 Å². The number of benzene rings is 1. The Morgan fingerprint density at radius 1 is 1.41 bits per heavy atom. The van der Waals surface area contributed by atoms with E-state index in [2.05, 4.69) is 0 Å². The fourth-order valence-corrected chi connectivity index (χ4v) is 2.90. The Morgan fingerprint density at radius 2 is 2.18 bits per heavy atom. The molecule has 1 aliphatic heterocycles. The maximum absolute atomic E-state index is 5.85. The third-order valence-corrected chi connectivity index (χ3v) is 4.46. The maximum Gasteiger partial charge on any atom is 0.136 e. The molecule has 1 unspecified atom stereocenters. The van der Waals surface area contributed by atoms with Gasteiger partial charge in [-0.25, -0.2) is 0 Å². The number of thioether (sulfide) groups is 1. The monoisotopic (exact) mass is 274 g/mol. The number of rotatable bonds is 6. The molecule has 1 saturated heterocycles. The van der Waals surface area contributed by atoms with Gasteiger partial charge in [-0.1, -0.05) is 0 Å². The van der Waals surface area contributed by atoms with Gasteiger partial charge in [0.15, 0.2) is 0 Å². The van der Waals surface area contributed by atoms with Crippen LogP contribution in [0.5, 0.6) is 11.5 Å². The summed E-state index contributed by atoms with van der Waals surface area (Å²) < 4.78 is 15.9. The first-order valence-corrected chi connectivity index (χ1v) is 6.80. The minimum Gasteiger partial charge on any atom is -0.497 e. The first kappa shape index (κ1) is 12.9. The van der Waals surface area contributed by atoms with Crippen LogP contribution in [0, 0.1) is 0 Å². The Labute approximate surface area is 110 Å². The van der Waals surface area contributed by atoms with Crippen molar-refractivity contribution in [3.05, 3.63) is 18.2 Å². The van der Waals surface area contributed by atoms with Crippen LogP contribution in [-0.4, -0.2) is 38.1 Å². The van der Waals surface area contributed by atoms with E-state index >= 15 is 0 Å². The second-order valence-electron chi connectivity index (χ2n) is 3.91. The van der Waals surface area contributed by atoms with Crippen molar-refractivity contribution in [1.29, 1.82) is 0 Å². The zero-order chi connectivity index (χ0) is 12.3. The molecular formula is C12H15ClO3S. The van der Waals surface area contributed by atoms with Gasteiger partial charge in [-0.3, -0.25) is 0 Å². The molecule has 0 aliphatic carbocycles. The van der Waals surface area contributed by atoms with Gasteiger partial charge in [-0.2, -0.15) is 0 Å². The van der Waals surface area contributed by atoms with Crippen molar-refractivity contribution in [2.24, 2.45) is 0 Å². The average molecular weight is 275 g/mol. The first-order valence-electron chi connectivity index (χ1n) is 5.28. The number of hydrogen-bond donors (Lipinski definition) is 0. The fourth-order valence-electron chi connectivity index (χ4n) is 1.40. The lowest BCUT2D eigenvalue weighted by Gasteiger charge is -2.11. The summed E-state index contributed by atoms with van der Waals surface area (Å²) in [5, 5.41) is 0. The molecule has 1 heterocycles. The predicted molar refractivity (Wildman–Crippen MR) is 69.7 cm³/mol. The molecule has 1 aliphatic rings. The van der Waals surface area contributed by atoms with E-state index in [1.165, 1.54) is 0 Å². The number of hydrogen-bond acceptors (Lipinski definition) is 4. The van der Waals surface area contributed by atoms with Crippen molar-refractivity contribution in [3.8, 4) is 11.5 Å². The zero-order valence-electron chi connectivity index (χ0n) is 9.86. The van der Waals surface area contributed by atoms with Crippen LogP contribution < -0.4 is 9.47 Å². The normalized spacial score (nSPS) is 22.3. The number of ether oxygens (including phenoxy) is 3. The summed E-state index contributed by atoms with van der Waals surface area (Å²) in [5.74, 6) is 3.00. The zero-order valence-corrected chi connectivity index (χ0v) is 11.4. The van der Waals surface area contributed by atoms with Crippen molar-refractivity contribution in [1.82, 2.24) is 0 Å². The summed E-state index contributed by atoms with van der Waals surface area (Å²) in [4.78, 5) is 1.08. The molecular weight excluding hydrogens is 260 g/mol. The van der Waals surface area contributed by atoms with Gasteiger partial charge in [0.25, 0.3) is 0 Å². The molecule has 3 nitrogen and oxygen atoms in total. The van der Waals surface area contributed by atoms with Gasteiger partial charge in [0, 0.05) is 16.7 Å². The summed E-state index contributed by atoms with van der Waals surface area (Å²) in [6.45, 7) is 0.752. The van der Waals surface area contributed by atoms with E-state index in [0.29, 0.717) is 5.88 Å². The summed E-state index contributed by atoms with van der Waals surface area (Å²) in [5.41, 5.74) is -0.128. The standard InChI is InChI=1S/C12H15ClO3S/c1-14-9-3-4-11(10(5-9)15-2)17-8-12(6-13)7-16-12/h3-5H,6-8H2,1-2H3. The minimum atomic E-state index is -0.128. The van der Waals surface area contributed by atoms with Crippen LogP contribution >= 0.6 is 23.4 Å². The van der Waals surface area contributed by atoms with E-state index in [1.807, 2.05) is 18.2 Å². The molecule has 5 heteroatoms. The third kappa shape index (κ3) is 3.00. The lowest BCUT2D eigenvalue weighted by atomic mass is 10.2. The van der Waals surface area contributed by atoms with Gasteiger partial charge in [0.05, 0.1) is 26.7 Å². The van der Waals surface area contributed by atoms with Crippen LogP contribution in [0.15, 0.2) is 23.1 Å². The Morgan fingerprint density at radius 3 is 2.71 bits per heavy atom. The highest BCUT2D eigenvalue weighted by Gasteiger charge is 2.43. The Bertz CT molecular complexity index is 393. The highest BCUT2D eigenvalue weighted by Crippen LogP contribution is 2.39. The van der Waals surface area contributed by atoms with Gasteiger partial charge in [0.1, 0.15) is 17.1 Å². The van der Waals surface area contributed by atoms with Crippen LogP contribution in [0.4, 0.5) is 0 Å². The number of alkyl halides is 1. The molecule has 0 aromatic heterocycles. The lowest BCUT2D eigenvalue weighted by Crippen LogP contribution is -2.16. The summed E-state index contributed by atoms with van der Waals surface area (Å²) in [7, 11) is 3.30. The van der Waals surface area contributed by atoms with Crippen LogP contribution in [0.2, 0.25) is 0 Å². The molecule has 1 atom stereocenters. The molecule has 94 valence electrons. The van der Waals surface area contributed by atoms with Gasteiger partial charge in [-0.05, 0) is 12.1 Å². The largest absolute Gasteiger partial charge is 0.497 e. The topological polar surface area (TPSA) is 31.0 Å². The molecule has 0 amide bonds. The molecule has 0 spiro atoms. The number of epoxide rings is 1. The third-order valence-electron chi connectivity index (χ3n) is 2.66. The van der Waals surface area contributed by atoms with Crippen molar-refractivity contribution < 1.29 is 14.2 Å². The minimum absolute atomic E-state index is 0.128. The summed E-state index contributed by atoms with van der Waals surface area (Å²) in [6.07, 6.45) is 0. The Kier molecular flexibility index (Phi) is 4.07. The second-order valence-corrected chi connectivity index (χ2v) is 5.20. The van der Waals surface area contributed by atoms with Crippen molar-refractivity contribution in [3.63, 3.8) is 0 Å². The molecule has 0 bridgehead atoms. The van der Waals surface area contributed by atoms with E-state index in [4.69, 9.17) is 25.8 Å². The number of halogens is 1. The number of methoxy groups -OCH3 is 2.